The quantitative estimate of drug-likeness (QED) is 0.525. The Kier molecular flexibility index (Phi) is 4.91. The van der Waals surface area contributed by atoms with Crippen LogP contribution in [0.2, 0.25) is 0 Å². The summed E-state index contributed by atoms with van der Waals surface area (Å²) in [7, 11) is 0. The molecule has 0 fully saturated rings. The van der Waals surface area contributed by atoms with Crippen molar-refractivity contribution in [2.75, 3.05) is 0 Å². The van der Waals surface area contributed by atoms with E-state index in [2.05, 4.69) is 17.6 Å². The van der Waals surface area contributed by atoms with Gasteiger partial charge in [0.1, 0.15) is 0 Å². The van der Waals surface area contributed by atoms with Gasteiger partial charge in [-0.05, 0) is 31.4 Å². The van der Waals surface area contributed by atoms with Crippen molar-refractivity contribution in [2.45, 2.75) is 20.3 Å². The van der Waals surface area contributed by atoms with Crippen molar-refractivity contribution in [3.8, 4) is 0 Å². The molecular weight excluding hydrogens is 330 g/mol. The van der Waals surface area contributed by atoms with Crippen LogP contribution in [-0.2, 0) is 6.42 Å². The monoisotopic (exact) mass is 349 g/mol. The minimum absolute atomic E-state index is 0.147. The van der Waals surface area contributed by atoms with E-state index in [1.807, 2.05) is 54.6 Å². The van der Waals surface area contributed by atoms with Gasteiger partial charge in [-0.2, -0.15) is 0 Å². The van der Waals surface area contributed by atoms with Gasteiger partial charge in [-0.25, -0.2) is 0 Å². The normalized spacial score (nSPS) is 10.7. The van der Waals surface area contributed by atoms with E-state index < -0.39 is 5.12 Å². The summed E-state index contributed by atoms with van der Waals surface area (Å²) in [4.78, 5) is 28.2. The molecule has 126 valence electrons. The van der Waals surface area contributed by atoms with Crippen LogP contribution in [0.5, 0.6) is 0 Å². The summed E-state index contributed by atoms with van der Waals surface area (Å²) in [5.41, 5.74) is 4.82. The first-order valence-electron chi connectivity index (χ1n) is 8.08. The van der Waals surface area contributed by atoms with Crippen LogP contribution in [0.3, 0.4) is 0 Å². The summed E-state index contributed by atoms with van der Waals surface area (Å²) in [5.74, 6) is -0.147. The molecule has 0 radical (unpaired) electrons. The molecule has 0 spiro atoms. The number of aromatic amines is 1. The Balaban J connectivity index is 2.06. The number of nitrogens with one attached hydrogen (secondary N) is 1. The van der Waals surface area contributed by atoms with Crippen LogP contribution in [0.1, 0.15) is 48.8 Å². The third-order valence-corrected chi connectivity index (χ3v) is 4.54. The van der Waals surface area contributed by atoms with Crippen LogP contribution < -0.4 is 0 Å². The highest BCUT2D eigenvalue weighted by Crippen LogP contribution is 2.25. The van der Waals surface area contributed by atoms with Crippen molar-refractivity contribution >= 4 is 23.5 Å². The molecule has 1 N–H and O–H groups in total. The van der Waals surface area contributed by atoms with E-state index in [0.29, 0.717) is 34.5 Å². The maximum Gasteiger partial charge on any atom is 0.218 e. The lowest BCUT2D eigenvalue weighted by molar-refractivity contribution is 0.102. The van der Waals surface area contributed by atoms with Gasteiger partial charge < -0.3 is 4.98 Å². The van der Waals surface area contributed by atoms with Gasteiger partial charge in [0.25, 0.3) is 0 Å². The third kappa shape index (κ3) is 3.44. The minimum Gasteiger partial charge on any atom is -0.361 e. The summed E-state index contributed by atoms with van der Waals surface area (Å²) in [5, 5.41) is -0.397. The maximum atomic E-state index is 13.2. The van der Waals surface area contributed by atoms with Crippen molar-refractivity contribution < 1.29 is 9.59 Å². The van der Waals surface area contributed by atoms with E-state index in [0.717, 1.165) is 11.1 Å². The SMILES string of the molecule is Cc1[nH]c(C)c(C(=O)c2ccccc2Cc2ccccc2)c1C(=O)S. The topological polar surface area (TPSA) is 49.9 Å². The Labute approximate surface area is 152 Å². The number of hydrogen-bond donors (Lipinski definition) is 2. The number of benzene rings is 2. The molecule has 0 saturated heterocycles. The molecule has 0 unspecified atom stereocenters. The molecule has 3 rings (SSSR count). The average molecular weight is 349 g/mol. The van der Waals surface area contributed by atoms with Crippen molar-refractivity contribution in [1.82, 2.24) is 4.98 Å². The molecular formula is C21H19NO2S. The lowest BCUT2D eigenvalue weighted by Crippen LogP contribution is -2.10. The Morgan fingerprint density at radius 1 is 0.880 bits per heavy atom. The molecule has 2 aromatic carbocycles. The molecule has 0 saturated carbocycles. The molecule has 0 bridgehead atoms. The van der Waals surface area contributed by atoms with Crippen LogP contribution >= 0.6 is 12.6 Å². The highest BCUT2D eigenvalue weighted by atomic mass is 32.1. The highest BCUT2D eigenvalue weighted by Gasteiger charge is 2.25. The number of hydrogen-bond acceptors (Lipinski definition) is 2. The van der Waals surface area contributed by atoms with Crippen molar-refractivity contribution in [3.05, 3.63) is 93.8 Å². The summed E-state index contributed by atoms with van der Waals surface area (Å²) >= 11 is 3.94. The number of aromatic nitrogens is 1. The fourth-order valence-electron chi connectivity index (χ4n) is 3.18. The van der Waals surface area contributed by atoms with Gasteiger partial charge in [0.05, 0.1) is 11.1 Å². The average Bonchev–Trinajstić information content (AvgIpc) is 2.90. The first-order valence-corrected chi connectivity index (χ1v) is 8.52. The van der Waals surface area contributed by atoms with Gasteiger partial charge in [0, 0.05) is 17.0 Å². The van der Waals surface area contributed by atoms with Crippen LogP contribution in [0.25, 0.3) is 0 Å². The molecule has 4 heteroatoms. The predicted octanol–water partition coefficient (Wildman–Crippen LogP) is 4.52. The molecule has 0 amide bonds. The Morgan fingerprint density at radius 3 is 2.16 bits per heavy atom. The van der Waals surface area contributed by atoms with Crippen LogP contribution in [0.4, 0.5) is 0 Å². The fourth-order valence-corrected chi connectivity index (χ4v) is 3.46. The Hall–Kier alpha value is -2.59. The van der Waals surface area contributed by atoms with Gasteiger partial charge in [0.15, 0.2) is 5.78 Å². The van der Waals surface area contributed by atoms with E-state index in [1.165, 1.54) is 0 Å². The number of thiol groups is 1. The van der Waals surface area contributed by atoms with E-state index >= 15 is 0 Å². The first kappa shape index (κ1) is 17.2. The molecule has 1 aromatic heterocycles. The molecule has 25 heavy (non-hydrogen) atoms. The summed E-state index contributed by atoms with van der Waals surface area (Å²) in [6.07, 6.45) is 0.662. The first-order chi connectivity index (χ1) is 12.0. The number of H-pyrrole nitrogens is 1. The summed E-state index contributed by atoms with van der Waals surface area (Å²) < 4.78 is 0. The lowest BCUT2D eigenvalue weighted by atomic mass is 9.92. The lowest BCUT2D eigenvalue weighted by Gasteiger charge is -2.10. The molecule has 0 aliphatic heterocycles. The molecule has 3 nitrogen and oxygen atoms in total. The van der Waals surface area contributed by atoms with Crippen LogP contribution in [-0.4, -0.2) is 15.9 Å². The number of aryl methyl sites for hydroxylation is 2. The summed E-state index contributed by atoms with van der Waals surface area (Å²) in [6.45, 7) is 3.59. The van der Waals surface area contributed by atoms with Crippen LogP contribution in [0, 0.1) is 13.8 Å². The number of ketones is 1. The largest absolute Gasteiger partial charge is 0.361 e. The number of carbonyl (C=O) groups is 2. The Morgan fingerprint density at radius 2 is 1.48 bits per heavy atom. The number of carbonyl (C=O) groups excluding carboxylic acids is 2. The van der Waals surface area contributed by atoms with E-state index in [-0.39, 0.29) is 5.78 Å². The second kappa shape index (κ2) is 7.11. The molecule has 1 heterocycles. The van der Waals surface area contributed by atoms with Crippen molar-refractivity contribution in [2.24, 2.45) is 0 Å². The zero-order chi connectivity index (χ0) is 18.0. The zero-order valence-corrected chi connectivity index (χ0v) is 15.1. The third-order valence-electron chi connectivity index (χ3n) is 4.32. The van der Waals surface area contributed by atoms with Crippen molar-refractivity contribution in [3.63, 3.8) is 0 Å². The van der Waals surface area contributed by atoms with E-state index in [9.17, 15) is 9.59 Å². The predicted molar refractivity (Wildman–Crippen MR) is 103 cm³/mol. The summed E-state index contributed by atoms with van der Waals surface area (Å²) in [6, 6.07) is 17.6. The second-order valence-corrected chi connectivity index (χ2v) is 6.48. The standard InChI is InChI=1S/C21H19NO2S/c1-13-18(19(21(24)25)14(2)22-13)20(23)17-11-7-6-10-16(17)12-15-8-4-3-5-9-15/h3-11,22H,12H2,1-2H3,(H,24,25). The van der Waals surface area contributed by atoms with Gasteiger partial charge in [-0.1, -0.05) is 54.6 Å². The Bertz CT molecular complexity index is 942. The van der Waals surface area contributed by atoms with Crippen LogP contribution in [0.15, 0.2) is 54.6 Å². The molecule has 0 aliphatic carbocycles. The van der Waals surface area contributed by atoms with E-state index in [4.69, 9.17) is 0 Å². The smallest absolute Gasteiger partial charge is 0.218 e. The second-order valence-electron chi connectivity index (χ2n) is 6.08. The minimum atomic E-state index is -0.397. The van der Waals surface area contributed by atoms with E-state index in [1.54, 1.807) is 13.8 Å². The van der Waals surface area contributed by atoms with Gasteiger partial charge in [-0.3, -0.25) is 9.59 Å². The number of rotatable bonds is 5. The fraction of sp³-hybridized carbons (Fsp3) is 0.143. The van der Waals surface area contributed by atoms with Gasteiger partial charge >= 0.3 is 0 Å². The van der Waals surface area contributed by atoms with Gasteiger partial charge in [0.2, 0.25) is 5.12 Å². The maximum absolute atomic E-state index is 13.2. The highest BCUT2D eigenvalue weighted by molar-refractivity contribution is 7.97. The zero-order valence-electron chi connectivity index (χ0n) is 14.2. The molecule has 0 aliphatic rings. The van der Waals surface area contributed by atoms with Gasteiger partial charge in [-0.15, -0.1) is 12.6 Å². The van der Waals surface area contributed by atoms with Crippen molar-refractivity contribution in [1.29, 1.82) is 0 Å². The molecule has 3 aromatic rings. The molecule has 0 atom stereocenters.